The van der Waals surface area contributed by atoms with Crippen LogP contribution in [0.2, 0.25) is 0 Å². The predicted molar refractivity (Wildman–Crippen MR) is 77.5 cm³/mol. The Morgan fingerprint density at radius 3 is 2.80 bits per heavy atom. The van der Waals surface area contributed by atoms with Crippen LogP contribution in [0, 0.1) is 0 Å². The Balaban J connectivity index is 2.41. The molecular weight excluding hydrogens is 256 g/mol. The second-order valence-electron chi connectivity index (χ2n) is 5.20. The quantitative estimate of drug-likeness (QED) is 0.820. The Bertz CT molecular complexity index is 564. The third-order valence-electron chi connectivity index (χ3n) is 3.48. The summed E-state index contributed by atoms with van der Waals surface area (Å²) in [5.41, 5.74) is 0.994. The van der Waals surface area contributed by atoms with Crippen molar-refractivity contribution in [1.29, 1.82) is 0 Å². The van der Waals surface area contributed by atoms with Gasteiger partial charge >= 0.3 is 5.97 Å². The van der Waals surface area contributed by atoms with Crippen LogP contribution in [0.5, 0.6) is 0 Å². The first kappa shape index (κ1) is 14.1. The Labute approximate surface area is 117 Å². The first-order valence-corrected chi connectivity index (χ1v) is 6.49. The van der Waals surface area contributed by atoms with Crippen molar-refractivity contribution in [2.24, 2.45) is 0 Å². The van der Waals surface area contributed by atoms with Gasteiger partial charge in [0.05, 0.1) is 0 Å². The highest BCUT2D eigenvalue weighted by Gasteiger charge is 2.38. The molecule has 0 saturated carbocycles. The van der Waals surface area contributed by atoms with Crippen molar-refractivity contribution in [3.63, 3.8) is 0 Å². The summed E-state index contributed by atoms with van der Waals surface area (Å²) in [6, 6.07) is 7.48. The molecule has 0 spiro atoms. The summed E-state index contributed by atoms with van der Waals surface area (Å²) in [5, 5.41) is 11.6. The molecule has 1 aromatic rings. The van der Waals surface area contributed by atoms with Gasteiger partial charge < -0.3 is 15.3 Å². The van der Waals surface area contributed by atoms with Crippen molar-refractivity contribution in [3.8, 4) is 0 Å². The van der Waals surface area contributed by atoms with Crippen molar-refractivity contribution in [2.75, 3.05) is 18.0 Å². The molecule has 1 saturated heterocycles. The maximum atomic E-state index is 12.0. The van der Waals surface area contributed by atoms with Crippen molar-refractivity contribution >= 4 is 23.6 Å². The molecule has 1 fully saturated rings. The number of piperazine rings is 1. The third-order valence-corrected chi connectivity index (χ3v) is 3.48. The van der Waals surface area contributed by atoms with E-state index in [2.05, 4.69) is 5.32 Å². The summed E-state index contributed by atoms with van der Waals surface area (Å²) in [7, 11) is 0. The van der Waals surface area contributed by atoms with Gasteiger partial charge in [0.1, 0.15) is 5.54 Å². The molecule has 0 aliphatic carbocycles. The minimum atomic E-state index is -0.990. The summed E-state index contributed by atoms with van der Waals surface area (Å²) in [6.45, 7) is 4.99. The van der Waals surface area contributed by atoms with Gasteiger partial charge in [0.15, 0.2) is 0 Å². The molecular formula is C15H18N2O3. The molecule has 1 aliphatic rings. The molecule has 5 heteroatoms. The number of carboxylic acids is 1. The lowest BCUT2D eigenvalue weighted by molar-refractivity contribution is -0.131. The first-order chi connectivity index (χ1) is 9.43. The number of aliphatic carboxylic acids is 1. The number of hydrogen-bond acceptors (Lipinski definition) is 3. The second-order valence-corrected chi connectivity index (χ2v) is 5.20. The van der Waals surface area contributed by atoms with Crippen LogP contribution in [0.4, 0.5) is 5.69 Å². The van der Waals surface area contributed by atoms with Gasteiger partial charge in [-0.1, -0.05) is 18.2 Å². The molecule has 0 bridgehead atoms. The van der Waals surface area contributed by atoms with Gasteiger partial charge in [-0.15, -0.1) is 0 Å². The van der Waals surface area contributed by atoms with E-state index in [1.807, 2.05) is 43.0 Å². The van der Waals surface area contributed by atoms with Crippen LogP contribution in [-0.2, 0) is 9.59 Å². The Morgan fingerprint density at radius 2 is 2.10 bits per heavy atom. The van der Waals surface area contributed by atoms with E-state index in [-0.39, 0.29) is 5.91 Å². The second kappa shape index (κ2) is 5.36. The van der Waals surface area contributed by atoms with Crippen LogP contribution >= 0.6 is 0 Å². The van der Waals surface area contributed by atoms with E-state index >= 15 is 0 Å². The molecule has 0 unspecified atom stereocenters. The van der Waals surface area contributed by atoms with Crippen LogP contribution < -0.4 is 10.2 Å². The number of carboxylic acid groups (broad SMARTS) is 1. The lowest BCUT2D eigenvalue weighted by Gasteiger charge is -2.43. The van der Waals surface area contributed by atoms with E-state index in [0.29, 0.717) is 13.1 Å². The molecule has 1 aromatic carbocycles. The van der Waals surface area contributed by atoms with Gasteiger partial charge in [-0.3, -0.25) is 4.79 Å². The topological polar surface area (TPSA) is 69.6 Å². The maximum Gasteiger partial charge on any atom is 0.328 e. The van der Waals surface area contributed by atoms with Crippen molar-refractivity contribution < 1.29 is 14.7 Å². The van der Waals surface area contributed by atoms with Crippen molar-refractivity contribution in [1.82, 2.24) is 5.32 Å². The highest BCUT2D eigenvalue weighted by Crippen LogP contribution is 2.29. The molecule has 1 heterocycles. The van der Waals surface area contributed by atoms with E-state index < -0.39 is 11.5 Å². The molecule has 2 N–H and O–H groups in total. The third kappa shape index (κ3) is 2.66. The normalized spacial score (nSPS) is 18.1. The number of carbonyl (C=O) groups is 2. The van der Waals surface area contributed by atoms with E-state index in [9.17, 15) is 9.59 Å². The van der Waals surface area contributed by atoms with E-state index in [0.717, 1.165) is 17.3 Å². The smallest absolute Gasteiger partial charge is 0.328 e. The standard InChI is InChI=1S/C15H18N2O3/c1-15(2)14(20)16-9-10-17(15)12-6-4-3-5-11(12)7-8-13(18)19/h3-8H,9-10H2,1-2H3,(H,16,20)(H,18,19). The zero-order valence-electron chi connectivity index (χ0n) is 11.6. The fourth-order valence-corrected chi connectivity index (χ4v) is 2.36. The minimum Gasteiger partial charge on any atom is -0.478 e. The average molecular weight is 274 g/mol. The van der Waals surface area contributed by atoms with Gasteiger partial charge in [0.25, 0.3) is 0 Å². The summed E-state index contributed by atoms with van der Waals surface area (Å²) in [4.78, 5) is 24.7. The van der Waals surface area contributed by atoms with Crippen LogP contribution in [0.25, 0.3) is 6.08 Å². The summed E-state index contributed by atoms with van der Waals surface area (Å²) in [6.07, 6.45) is 2.66. The van der Waals surface area contributed by atoms with E-state index in [1.165, 1.54) is 0 Å². The molecule has 0 radical (unpaired) electrons. The molecule has 0 aromatic heterocycles. The number of benzene rings is 1. The lowest BCUT2D eigenvalue weighted by Crippen LogP contribution is -2.62. The molecule has 5 nitrogen and oxygen atoms in total. The van der Waals surface area contributed by atoms with E-state index in [4.69, 9.17) is 5.11 Å². The maximum absolute atomic E-state index is 12.0. The zero-order chi connectivity index (χ0) is 14.8. The van der Waals surface area contributed by atoms with Crippen LogP contribution in [0.15, 0.2) is 30.3 Å². The Kier molecular flexibility index (Phi) is 3.79. The van der Waals surface area contributed by atoms with Gasteiger partial charge in [-0.2, -0.15) is 0 Å². The molecule has 2 rings (SSSR count). The molecule has 0 atom stereocenters. The number of nitrogens with zero attached hydrogens (tertiary/aromatic N) is 1. The van der Waals surface area contributed by atoms with Crippen molar-refractivity contribution in [2.45, 2.75) is 19.4 Å². The highest BCUT2D eigenvalue weighted by atomic mass is 16.4. The SMILES string of the molecule is CC1(C)C(=O)NCCN1c1ccccc1C=CC(=O)O. The van der Waals surface area contributed by atoms with Gasteiger partial charge in [0.2, 0.25) is 5.91 Å². The molecule has 1 amide bonds. The van der Waals surface area contributed by atoms with Crippen LogP contribution in [0.3, 0.4) is 0 Å². The zero-order valence-corrected chi connectivity index (χ0v) is 11.6. The Morgan fingerprint density at radius 1 is 1.40 bits per heavy atom. The number of para-hydroxylation sites is 1. The first-order valence-electron chi connectivity index (χ1n) is 6.49. The van der Waals surface area contributed by atoms with Gasteiger partial charge in [0, 0.05) is 24.9 Å². The number of carbonyl (C=O) groups excluding carboxylic acids is 1. The van der Waals surface area contributed by atoms with E-state index in [1.54, 1.807) is 6.08 Å². The number of rotatable bonds is 3. The van der Waals surface area contributed by atoms with Crippen LogP contribution in [-0.4, -0.2) is 35.6 Å². The molecule has 106 valence electrons. The minimum absolute atomic E-state index is 0.0271. The summed E-state index contributed by atoms with van der Waals surface area (Å²) < 4.78 is 0. The van der Waals surface area contributed by atoms with Crippen LogP contribution in [0.1, 0.15) is 19.4 Å². The average Bonchev–Trinajstić information content (AvgIpc) is 2.40. The fourth-order valence-electron chi connectivity index (χ4n) is 2.36. The largest absolute Gasteiger partial charge is 0.478 e. The van der Waals surface area contributed by atoms with Gasteiger partial charge in [-0.25, -0.2) is 4.79 Å². The van der Waals surface area contributed by atoms with Crippen molar-refractivity contribution in [3.05, 3.63) is 35.9 Å². The predicted octanol–water partition coefficient (Wildman–Crippen LogP) is 1.50. The highest BCUT2D eigenvalue weighted by molar-refractivity contribution is 5.92. The molecule has 20 heavy (non-hydrogen) atoms. The van der Waals surface area contributed by atoms with Gasteiger partial charge in [-0.05, 0) is 31.6 Å². The summed E-state index contributed by atoms with van der Waals surface area (Å²) >= 11 is 0. The Hall–Kier alpha value is -2.30. The summed E-state index contributed by atoms with van der Waals surface area (Å²) in [5.74, 6) is -1.02. The number of hydrogen-bond donors (Lipinski definition) is 2. The monoisotopic (exact) mass is 274 g/mol. The number of nitrogens with one attached hydrogen (secondary N) is 1. The fraction of sp³-hybridized carbons (Fsp3) is 0.333. The number of anilines is 1. The molecule has 1 aliphatic heterocycles. The lowest BCUT2D eigenvalue weighted by atomic mass is 9.96. The number of amides is 1.